The highest BCUT2D eigenvalue weighted by molar-refractivity contribution is 7.90. The molecule has 3 aromatic rings. The Bertz CT molecular complexity index is 1250. The molecule has 1 heterocycles. The van der Waals surface area contributed by atoms with E-state index in [1.807, 2.05) is 56.3 Å². The Hall–Kier alpha value is -3.16. The van der Waals surface area contributed by atoms with Crippen LogP contribution in [0.4, 0.5) is 10.5 Å². The van der Waals surface area contributed by atoms with Crippen molar-refractivity contribution in [1.29, 1.82) is 0 Å². The maximum Gasteiger partial charge on any atom is 0.319 e. The van der Waals surface area contributed by atoms with E-state index in [9.17, 15) is 13.2 Å². The van der Waals surface area contributed by atoms with Gasteiger partial charge in [-0.1, -0.05) is 48.0 Å². The van der Waals surface area contributed by atoms with Gasteiger partial charge in [0.1, 0.15) is 0 Å². The molecule has 33 heavy (non-hydrogen) atoms. The van der Waals surface area contributed by atoms with Crippen molar-refractivity contribution in [3.05, 3.63) is 94.5 Å². The smallest absolute Gasteiger partial charge is 0.319 e. The summed E-state index contributed by atoms with van der Waals surface area (Å²) in [5.41, 5.74) is 5.92. The van der Waals surface area contributed by atoms with Gasteiger partial charge in [0.15, 0.2) is 9.84 Å². The minimum Gasteiger partial charge on any atom is -0.331 e. The number of benzene rings is 3. The summed E-state index contributed by atoms with van der Waals surface area (Å²) in [7, 11) is -3.49. The molecule has 0 aliphatic carbocycles. The number of hydrogen-bond donors (Lipinski definition) is 3. The van der Waals surface area contributed by atoms with E-state index in [0.29, 0.717) is 5.69 Å². The predicted molar refractivity (Wildman–Crippen MR) is 131 cm³/mol. The number of rotatable bonds is 6. The number of carbonyl (C=O) groups excluding carboxylic acids is 1. The molecule has 3 aromatic carbocycles. The van der Waals surface area contributed by atoms with Crippen LogP contribution in [0.15, 0.2) is 71.6 Å². The molecule has 3 N–H and O–H groups in total. The van der Waals surface area contributed by atoms with Crippen LogP contribution in [0.2, 0.25) is 0 Å². The van der Waals surface area contributed by atoms with Gasteiger partial charge in [0.05, 0.1) is 16.7 Å². The van der Waals surface area contributed by atoms with Gasteiger partial charge in [-0.05, 0) is 73.3 Å². The quantitative estimate of drug-likeness (QED) is 0.502. The number of hydrogen-bond acceptors (Lipinski definition) is 4. The first kappa shape index (κ1) is 23.0. The van der Waals surface area contributed by atoms with Crippen molar-refractivity contribution < 1.29 is 13.2 Å². The van der Waals surface area contributed by atoms with Crippen molar-refractivity contribution in [2.24, 2.45) is 0 Å². The number of aryl methyl sites for hydroxylation is 1. The number of sulfone groups is 1. The number of carbonyl (C=O) groups is 1. The summed E-state index contributed by atoms with van der Waals surface area (Å²) in [4.78, 5) is 12.6. The van der Waals surface area contributed by atoms with Crippen molar-refractivity contribution in [2.75, 3.05) is 11.9 Å². The molecule has 4 rings (SSSR count). The molecule has 1 aliphatic rings. The van der Waals surface area contributed by atoms with Crippen LogP contribution in [-0.4, -0.2) is 21.0 Å². The van der Waals surface area contributed by atoms with E-state index in [4.69, 9.17) is 0 Å². The first-order valence-corrected chi connectivity index (χ1v) is 12.7. The minimum absolute atomic E-state index is 0.0466. The second kappa shape index (κ2) is 9.77. The number of nitrogens with one attached hydrogen (secondary N) is 3. The van der Waals surface area contributed by atoms with E-state index in [1.54, 1.807) is 12.1 Å². The molecule has 7 heteroatoms. The molecular weight excluding hydrogens is 434 g/mol. The Morgan fingerprint density at radius 1 is 1.03 bits per heavy atom. The van der Waals surface area contributed by atoms with Gasteiger partial charge in [-0.15, -0.1) is 0 Å². The summed E-state index contributed by atoms with van der Waals surface area (Å²) in [6, 6.07) is 19.7. The molecule has 6 nitrogen and oxygen atoms in total. The third kappa shape index (κ3) is 5.80. The van der Waals surface area contributed by atoms with Crippen molar-refractivity contribution in [1.82, 2.24) is 10.6 Å². The lowest BCUT2D eigenvalue weighted by molar-refractivity contribution is 0.249. The molecular formula is C26H29N3O3S. The summed E-state index contributed by atoms with van der Waals surface area (Å²) < 4.78 is 25.8. The Morgan fingerprint density at radius 2 is 1.82 bits per heavy atom. The third-order valence-electron chi connectivity index (χ3n) is 5.87. The first-order chi connectivity index (χ1) is 15.8. The predicted octanol–water partition coefficient (Wildman–Crippen LogP) is 4.50. The lowest BCUT2D eigenvalue weighted by Crippen LogP contribution is -2.31. The van der Waals surface area contributed by atoms with Crippen LogP contribution in [0.3, 0.4) is 0 Å². The van der Waals surface area contributed by atoms with Crippen LogP contribution in [0.25, 0.3) is 0 Å². The summed E-state index contributed by atoms with van der Waals surface area (Å²) in [6.07, 6.45) is 0.911. The van der Waals surface area contributed by atoms with E-state index in [1.165, 1.54) is 23.3 Å². The normalized spacial score (nSPS) is 14.2. The van der Waals surface area contributed by atoms with Gasteiger partial charge in [-0.2, -0.15) is 0 Å². The number of urea groups is 1. The van der Waals surface area contributed by atoms with E-state index in [2.05, 4.69) is 16.0 Å². The van der Waals surface area contributed by atoms with Crippen LogP contribution < -0.4 is 16.0 Å². The Balaban J connectivity index is 1.38. The van der Waals surface area contributed by atoms with Crippen molar-refractivity contribution in [2.45, 2.75) is 43.5 Å². The Labute approximate surface area is 195 Å². The average molecular weight is 464 g/mol. The van der Waals surface area contributed by atoms with Gasteiger partial charge in [-0.25, -0.2) is 13.2 Å². The Morgan fingerprint density at radius 3 is 2.58 bits per heavy atom. The van der Waals surface area contributed by atoms with Crippen LogP contribution in [0.1, 0.15) is 40.8 Å². The van der Waals surface area contributed by atoms with Gasteiger partial charge in [0.2, 0.25) is 0 Å². The maximum absolute atomic E-state index is 12.9. The van der Waals surface area contributed by atoms with E-state index >= 15 is 0 Å². The SMILES string of the molecule is Cc1cccc(C(C)NC(=O)Nc2ccc(S(=O)(=O)Cc3ccc4c(c3)CCNC4)cc2)c1. The largest absolute Gasteiger partial charge is 0.331 e. The lowest BCUT2D eigenvalue weighted by Gasteiger charge is -2.18. The molecule has 0 radical (unpaired) electrons. The number of amides is 2. The highest BCUT2D eigenvalue weighted by atomic mass is 32.2. The maximum atomic E-state index is 12.9. The van der Waals surface area contributed by atoms with Crippen LogP contribution in [0, 0.1) is 6.92 Å². The average Bonchev–Trinajstić information content (AvgIpc) is 2.79. The highest BCUT2D eigenvalue weighted by Crippen LogP contribution is 2.22. The van der Waals surface area contributed by atoms with Crippen LogP contribution in [-0.2, 0) is 28.6 Å². The zero-order valence-electron chi connectivity index (χ0n) is 18.9. The number of anilines is 1. The third-order valence-corrected chi connectivity index (χ3v) is 7.58. The molecule has 2 amide bonds. The summed E-state index contributed by atoms with van der Waals surface area (Å²) in [6.45, 7) is 5.67. The molecule has 172 valence electrons. The zero-order valence-corrected chi connectivity index (χ0v) is 19.7. The highest BCUT2D eigenvalue weighted by Gasteiger charge is 2.18. The standard InChI is InChI=1S/C26H29N3O3S/c1-18-4-3-5-21(14-18)19(2)28-26(30)29-24-8-10-25(11-9-24)33(31,32)17-20-6-7-23-16-27-13-12-22(23)15-20/h3-11,14-15,19,27H,12-13,16-17H2,1-2H3,(H2,28,29,30). The topological polar surface area (TPSA) is 87.3 Å². The molecule has 0 spiro atoms. The molecule has 0 saturated heterocycles. The van der Waals surface area contributed by atoms with E-state index in [0.717, 1.165) is 36.2 Å². The first-order valence-electron chi connectivity index (χ1n) is 11.1. The summed E-state index contributed by atoms with van der Waals surface area (Å²) in [5, 5.41) is 8.99. The molecule has 1 unspecified atom stereocenters. The van der Waals surface area contributed by atoms with E-state index < -0.39 is 9.84 Å². The van der Waals surface area contributed by atoms with Gasteiger partial charge >= 0.3 is 6.03 Å². The fourth-order valence-electron chi connectivity index (χ4n) is 4.06. The molecule has 0 aromatic heterocycles. The van der Waals surface area contributed by atoms with Crippen molar-refractivity contribution in [3.63, 3.8) is 0 Å². The fourth-order valence-corrected chi connectivity index (χ4v) is 5.39. The second-order valence-corrected chi connectivity index (χ2v) is 10.5. The summed E-state index contributed by atoms with van der Waals surface area (Å²) >= 11 is 0. The molecule has 0 fully saturated rings. The van der Waals surface area contributed by atoms with Crippen molar-refractivity contribution in [3.8, 4) is 0 Å². The molecule has 0 saturated carbocycles. The number of fused-ring (bicyclic) bond motifs is 1. The minimum atomic E-state index is -3.49. The van der Waals surface area contributed by atoms with E-state index in [-0.39, 0.29) is 22.7 Å². The monoisotopic (exact) mass is 463 g/mol. The fraction of sp³-hybridized carbons (Fsp3) is 0.269. The Kier molecular flexibility index (Phi) is 6.81. The van der Waals surface area contributed by atoms with Crippen LogP contribution in [0.5, 0.6) is 0 Å². The summed E-state index contributed by atoms with van der Waals surface area (Å²) in [5.74, 6) is -0.0466. The van der Waals surface area contributed by atoms with Gasteiger partial charge in [0.25, 0.3) is 0 Å². The van der Waals surface area contributed by atoms with Gasteiger partial charge in [-0.3, -0.25) is 0 Å². The van der Waals surface area contributed by atoms with Crippen LogP contribution >= 0.6 is 0 Å². The molecule has 1 aliphatic heterocycles. The second-order valence-electron chi connectivity index (χ2n) is 8.55. The molecule has 0 bridgehead atoms. The van der Waals surface area contributed by atoms with Crippen molar-refractivity contribution >= 4 is 21.6 Å². The lowest BCUT2D eigenvalue weighted by atomic mass is 9.99. The van der Waals surface area contributed by atoms with Gasteiger partial charge < -0.3 is 16.0 Å². The van der Waals surface area contributed by atoms with Gasteiger partial charge in [0, 0.05) is 12.2 Å². The molecule has 1 atom stereocenters. The zero-order chi connectivity index (χ0) is 23.4.